The molecule has 2 aromatic carbocycles. The van der Waals surface area contributed by atoms with E-state index < -0.39 is 51.6 Å². The maximum Gasteiger partial charge on any atom is 0.335 e. The third-order valence-corrected chi connectivity index (χ3v) is 11.6. The molecule has 3 heterocycles. The molecule has 0 bridgehead atoms. The van der Waals surface area contributed by atoms with E-state index >= 15 is 0 Å². The minimum Gasteiger partial charge on any atom is -0.388 e. The molecule has 5 unspecified atom stereocenters. The Hall–Kier alpha value is -2.70. The molecular formula is C25H26ClN5O8P2. The van der Waals surface area contributed by atoms with E-state index in [0.717, 1.165) is 17.7 Å². The zero-order valence-electron chi connectivity index (χ0n) is 21.3. The summed E-state index contributed by atoms with van der Waals surface area (Å²) in [6.45, 7) is 0. The lowest BCUT2D eigenvalue weighted by atomic mass is 10.1. The second-order valence-corrected chi connectivity index (χ2v) is 15.1. The van der Waals surface area contributed by atoms with Gasteiger partial charge in [0.2, 0.25) is 12.7 Å². The van der Waals surface area contributed by atoms with Crippen molar-refractivity contribution in [1.82, 2.24) is 19.5 Å². The number of aliphatic hydroxyl groups is 2. The number of aliphatic hydroxyl groups excluding tert-OH is 2. The van der Waals surface area contributed by atoms with Gasteiger partial charge >= 0.3 is 7.60 Å². The second-order valence-electron chi connectivity index (χ2n) is 10.2. The molecular weight excluding hydrogens is 596 g/mol. The van der Waals surface area contributed by atoms with Gasteiger partial charge in [0.15, 0.2) is 23.2 Å². The van der Waals surface area contributed by atoms with E-state index in [2.05, 4.69) is 32.4 Å². The summed E-state index contributed by atoms with van der Waals surface area (Å²) in [6, 6.07) is 14.2. The second kappa shape index (κ2) is 10.5. The third-order valence-electron chi connectivity index (χ3n) is 7.23. The lowest BCUT2D eigenvalue weighted by Crippen LogP contribution is -2.32. The van der Waals surface area contributed by atoms with E-state index in [-0.39, 0.29) is 17.4 Å². The van der Waals surface area contributed by atoms with Crippen molar-refractivity contribution in [3.63, 3.8) is 0 Å². The quantitative estimate of drug-likeness (QED) is 0.109. The number of nitrogens with one attached hydrogen (secondary N) is 1. The fraction of sp³-hybridized carbons (Fsp3) is 0.320. The highest BCUT2D eigenvalue weighted by molar-refractivity contribution is 7.72. The number of hydrogen-bond acceptors (Lipinski definition) is 9. The van der Waals surface area contributed by atoms with Crippen LogP contribution in [-0.4, -0.2) is 74.8 Å². The Morgan fingerprint density at radius 2 is 1.78 bits per heavy atom. The highest BCUT2D eigenvalue weighted by atomic mass is 35.5. The molecule has 1 aliphatic heterocycles. The number of imidazole rings is 1. The van der Waals surface area contributed by atoms with Crippen molar-refractivity contribution in [2.45, 2.75) is 37.4 Å². The molecule has 0 radical (unpaired) electrons. The van der Waals surface area contributed by atoms with Crippen molar-refractivity contribution >= 4 is 49.2 Å². The summed E-state index contributed by atoms with van der Waals surface area (Å²) in [5.74, 6) is -0.865. The van der Waals surface area contributed by atoms with Crippen LogP contribution in [0.15, 0.2) is 48.8 Å². The van der Waals surface area contributed by atoms with Crippen LogP contribution in [0.25, 0.3) is 22.3 Å². The first-order valence-electron chi connectivity index (χ1n) is 12.6. The molecule has 1 saturated heterocycles. The van der Waals surface area contributed by atoms with Gasteiger partial charge in [-0.25, -0.2) is 4.98 Å². The molecule has 4 aromatic rings. The average Bonchev–Trinajstić information content (AvgIpc) is 3.55. The molecule has 0 amide bonds. The van der Waals surface area contributed by atoms with Crippen LogP contribution in [-0.2, 0) is 20.3 Å². The van der Waals surface area contributed by atoms with Gasteiger partial charge in [0, 0.05) is 11.8 Å². The number of rotatable bonds is 8. The molecule has 16 heteroatoms. The first-order valence-corrected chi connectivity index (χ1v) is 16.8. The summed E-state index contributed by atoms with van der Waals surface area (Å²) in [7, 11) is -8.92. The van der Waals surface area contributed by atoms with Crippen LogP contribution in [0, 0.1) is 0 Å². The van der Waals surface area contributed by atoms with Crippen LogP contribution in [0.3, 0.4) is 0 Å². The molecule has 0 saturated carbocycles. The largest absolute Gasteiger partial charge is 0.388 e. The molecule has 2 aliphatic rings. The molecule has 0 spiro atoms. The molecule has 2 aromatic heterocycles. The summed E-state index contributed by atoms with van der Waals surface area (Å²) in [5, 5.41) is 24.5. The van der Waals surface area contributed by atoms with Crippen molar-refractivity contribution in [2.24, 2.45) is 0 Å². The lowest BCUT2D eigenvalue weighted by molar-refractivity contribution is -0.0354. The molecule has 1 aliphatic carbocycles. The Labute approximate surface area is 238 Å². The number of nitrogens with zero attached hydrogens (tertiary/aromatic N) is 4. The van der Waals surface area contributed by atoms with E-state index in [1.807, 2.05) is 30.3 Å². The molecule has 6 N–H and O–H groups in total. The lowest BCUT2D eigenvalue weighted by Gasteiger charge is -2.18. The third kappa shape index (κ3) is 5.70. The van der Waals surface area contributed by atoms with Gasteiger partial charge in [0.1, 0.15) is 18.1 Å². The number of benzene rings is 2. The average molecular weight is 622 g/mol. The monoisotopic (exact) mass is 621 g/mol. The molecule has 5 atom stereocenters. The first kappa shape index (κ1) is 28.4. The molecule has 1 fully saturated rings. The van der Waals surface area contributed by atoms with Gasteiger partial charge < -0.3 is 34.9 Å². The minimum atomic E-state index is -4.72. The van der Waals surface area contributed by atoms with Crippen molar-refractivity contribution in [3.8, 4) is 11.1 Å². The van der Waals surface area contributed by atoms with Gasteiger partial charge in [0.05, 0.1) is 12.4 Å². The Bertz CT molecular complexity index is 1750. The van der Waals surface area contributed by atoms with Crippen LogP contribution in [0.1, 0.15) is 23.8 Å². The van der Waals surface area contributed by atoms with Crippen LogP contribution in [0.2, 0.25) is 5.28 Å². The van der Waals surface area contributed by atoms with Crippen molar-refractivity contribution in [1.29, 1.82) is 0 Å². The van der Waals surface area contributed by atoms with Gasteiger partial charge in [-0.05, 0) is 58.8 Å². The van der Waals surface area contributed by atoms with Gasteiger partial charge in [0.25, 0.3) is 0 Å². The molecule has 13 nitrogen and oxygen atoms in total. The Kier molecular flexibility index (Phi) is 7.30. The summed E-state index contributed by atoms with van der Waals surface area (Å²) in [6.07, 6.45) is -3.69. The SMILES string of the molecule is O=P(O)(O)CP(=O)(O)CCC1OC(n2cnc3c(Nc4ccc5c(c4)-c4ccccc4C5)nc(Cl)nc32)C(O)C1O. The van der Waals surface area contributed by atoms with Crippen LogP contribution >= 0.6 is 26.6 Å². The van der Waals surface area contributed by atoms with E-state index in [1.54, 1.807) is 0 Å². The number of hydrogen-bond donors (Lipinski definition) is 6. The number of halogens is 1. The van der Waals surface area contributed by atoms with Gasteiger partial charge in [-0.2, -0.15) is 9.97 Å². The fourth-order valence-electron chi connectivity index (χ4n) is 5.39. The Morgan fingerprint density at radius 3 is 2.56 bits per heavy atom. The maximum atomic E-state index is 12.2. The summed E-state index contributed by atoms with van der Waals surface area (Å²) >= 11 is 6.25. The van der Waals surface area contributed by atoms with E-state index in [0.29, 0.717) is 11.3 Å². The number of aromatic nitrogens is 4. The Morgan fingerprint density at radius 1 is 1.02 bits per heavy atom. The Balaban J connectivity index is 1.24. The van der Waals surface area contributed by atoms with Gasteiger partial charge in [-0.3, -0.25) is 13.7 Å². The van der Waals surface area contributed by atoms with Crippen LogP contribution < -0.4 is 5.32 Å². The number of ether oxygens (including phenoxy) is 1. The smallest absolute Gasteiger partial charge is 0.335 e. The topological polar surface area (TPSA) is 200 Å². The highest BCUT2D eigenvalue weighted by Gasteiger charge is 2.45. The van der Waals surface area contributed by atoms with Crippen molar-refractivity contribution in [2.75, 3.05) is 17.4 Å². The predicted octanol–water partition coefficient (Wildman–Crippen LogP) is 3.21. The summed E-state index contributed by atoms with van der Waals surface area (Å²) in [4.78, 5) is 41.0. The predicted molar refractivity (Wildman–Crippen MR) is 150 cm³/mol. The van der Waals surface area contributed by atoms with E-state index in [4.69, 9.17) is 26.1 Å². The molecule has 6 rings (SSSR count). The number of fused-ring (bicyclic) bond motifs is 4. The van der Waals surface area contributed by atoms with Crippen molar-refractivity contribution < 1.29 is 38.8 Å². The van der Waals surface area contributed by atoms with E-state index in [1.165, 1.54) is 27.6 Å². The van der Waals surface area contributed by atoms with Crippen LogP contribution in [0.5, 0.6) is 0 Å². The van der Waals surface area contributed by atoms with Gasteiger partial charge in [-0.1, -0.05) is 30.3 Å². The maximum absolute atomic E-state index is 12.2. The highest BCUT2D eigenvalue weighted by Crippen LogP contribution is 2.55. The molecule has 216 valence electrons. The fourth-order valence-corrected chi connectivity index (χ4v) is 9.08. The van der Waals surface area contributed by atoms with Crippen LogP contribution in [0.4, 0.5) is 11.5 Å². The summed E-state index contributed by atoms with van der Waals surface area (Å²) in [5.41, 5.74) is 6.04. The normalized spacial score (nSPS) is 23.4. The minimum absolute atomic E-state index is 0.100. The molecule has 41 heavy (non-hydrogen) atoms. The zero-order chi connectivity index (χ0) is 29.1. The van der Waals surface area contributed by atoms with Gasteiger partial charge in [-0.15, -0.1) is 0 Å². The van der Waals surface area contributed by atoms with Crippen molar-refractivity contribution in [3.05, 3.63) is 65.2 Å². The number of anilines is 2. The zero-order valence-corrected chi connectivity index (χ0v) is 23.8. The standard InChI is InChI=1S/C25H26ClN5O8P2/c26-25-29-22(28-15-6-5-14-9-13-3-1-2-4-16(13)17(14)10-15)19-23(30-25)31(11-27-19)24-21(33)20(32)18(39-24)7-8-40(34,35)12-41(36,37)38/h1-6,10-11,18,20-21,24,32-33H,7-9,12H2,(H,34,35)(H,28,29,30)(H2,36,37,38). The van der Waals surface area contributed by atoms with E-state index in [9.17, 15) is 24.2 Å². The first-order chi connectivity index (χ1) is 19.4. The summed E-state index contributed by atoms with van der Waals surface area (Å²) < 4.78 is 30.6.